The zero-order chi connectivity index (χ0) is 18.8. The molecule has 0 bridgehead atoms. The van der Waals surface area contributed by atoms with Crippen molar-refractivity contribution in [2.45, 2.75) is 0 Å². The first kappa shape index (κ1) is 16.6. The number of ether oxygens (including phenoxy) is 2. The summed E-state index contributed by atoms with van der Waals surface area (Å²) in [6.45, 7) is 0. The van der Waals surface area contributed by atoms with Gasteiger partial charge in [0.05, 0.1) is 19.9 Å². The van der Waals surface area contributed by atoms with Crippen LogP contribution in [-0.4, -0.2) is 39.4 Å². The van der Waals surface area contributed by atoms with E-state index in [1.807, 2.05) is 30.3 Å². The van der Waals surface area contributed by atoms with Crippen LogP contribution >= 0.6 is 0 Å². The minimum Gasteiger partial charge on any atom is -0.497 e. The van der Waals surface area contributed by atoms with E-state index in [1.165, 1.54) is 4.68 Å². The van der Waals surface area contributed by atoms with Crippen LogP contribution in [-0.2, 0) is 0 Å². The molecule has 2 aromatic carbocycles. The average Bonchev–Trinajstić information content (AvgIpc) is 3.35. The van der Waals surface area contributed by atoms with E-state index < -0.39 is 0 Å². The standard InChI is InChI=1S/C18H16N6O3/c1-25-13-8-12(9-14(10-13)26-2)24-16(19)15(21-23-24)18-20-17(22-27-18)11-6-4-3-5-7-11/h3-10H,19H2,1-2H3. The van der Waals surface area contributed by atoms with Crippen LogP contribution < -0.4 is 15.2 Å². The summed E-state index contributed by atoms with van der Waals surface area (Å²) in [6, 6.07) is 14.8. The van der Waals surface area contributed by atoms with E-state index >= 15 is 0 Å². The van der Waals surface area contributed by atoms with Gasteiger partial charge in [0, 0.05) is 23.8 Å². The molecule has 2 heterocycles. The number of hydrogen-bond donors (Lipinski definition) is 1. The molecule has 4 aromatic rings. The summed E-state index contributed by atoms with van der Waals surface area (Å²) in [5.41, 5.74) is 7.98. The predicted octanol–water partition coefficient (Wildman–Crippen LogP) is 2.58. The van der Waals surface area contributed by atoms with Gasteiger partial charge in [-0.3, -0.25) is 0 Å². The number of methoxy groups -OCH3 is 2. The molecule has 0 atom stereocenters. The first-order chi connectivity index (χ1) is 13.2. The molecule has 9 heteroatoms. The van der Waals surface area contributed by atoms with Gasteiger partial charge in [-0.2, -0.15) is 9.67 Å². The van der Waals surface area contributed by atoms with Gasteiger partial charge in [0.1, 0.15) is 11.5 Å². The number of nitrogen functional groups attached to an aromatic ring is 1. The fourth-order valence-electron chi connectivity index (χ4n) is 2.57. The molecule has 4 rings (SSSR count). The van der Waals surface area contributed by atoms with Gasteiger partial charge in [0.25, 0.3) is 5.89 Å². The Morgan fingerprint density at radius 1 is 1.00 bits per heavy atom. The summed E-state index contributed by atoms with van der Waals surface area (Å²) in [5.74, 6) is 2.10. The molecule has 0 spiro atoms. The van der Waals surface area contributed by atoms with Crippen LogP contribution in [0.2, 0.25) is 0 Å². The lowest BCUT2D eigenvalue weighted by Crippen LogP contribution is -2.03. The molecule has 2 aromatic heterocycles. The SMILES string of the molecule is COc1cc(OC)cc(-n2nnc(-c3nc(-c4ccccc4)no3)c2N)c1. The smallest absolute Gasteiger partial charge is 0.282 e. The van der Waals surface area contributed by atoms with Crippen LogP contribution in [0.3, 0.4) is 0 Å². The van der Waals surface area contributed by atoms with E-state index in [-0.39, 0.29) is 11.7 Å². The van der Waals surface area contributed by atoms with Gasteiger partial charge in [-0.15, -0.1) is 5.10 Å². The molecule has 0 amide bonds. The van der Waals surface area contributed by atoms with E-state index in [9.17, 15) is 0 Å². The highest BCUT2D eigenvalue weighted by molar-refractivity contribution is 5.66. The van der Waals surface area contributed by atoms with Gasteiger partial charge < -0.3 is 19.7 Å². The highest BCUT2D eigenvalue weighted by atomic mass is 16.5. The Labute approximate surface area is 154 Å². The van der Waals surface area contributed by atoms with Crippen LogP contribution in [0.15, 0.2) is 53.1 Å². The summed E-state index contributed by atoms with van der Waals surface area (Å²) in [7, 11) is 3.14. The van der Waals surface area contributed by atoms with Crippen LogP contribution in [0.5, 0.6) is 11.5 Å². The quantitative estimate of drug-likeness (QED) is 0.575. The number of hydrogen-bond acceptors (Lipinski definition) is 8. The van der Waals surface area contributed by atoms with Gasteiger partial charge >= 0.3 is 0 Å². The van der Waals surface area contributed by atoms with Gasteiger partial charge in [-0.05, 0) is 0 Å². The lowest BCUT2D eigenvalue weighted by atomic mass is 10.2. The van der Waals surface area contributed by atoms with Crippen LogP contribution in [0.25, 0.3) is 28.7 Å². The van der Waals surface area contributed by atoms with Crippen LogP contribution in [0.4, 0.5) is 5.82 Å². The molecule has 0 fully saturated rings. The maximum atomic E-state index is 6.23. The number of nitrogens with zero attached hydrogens (tertiary/aromatic N) is 5. The third kappa shape index (κ3) is 3.06. The summed E-state index contributed by atoms with van der Waals surface area (Å²) in [5, 5.41) is 12.2. The molecular weight excluding hydrogens is 348 g/mol. The Morgan fingerprint density at radius 3 is 2.37 bits per heavy atom. The van der Waals surface area contributed by atoms with Crippen molar-refractivity contribution in [1.29, 1.82) is 0 Å². The van der Waals surface area contributed by atoms with Gasteiger partial charge in [-0.1, -0.05) is 40.7 Å². The minimum atomic E-state index is 0.187. The molecule has 0 radical (unpaired) electrons. The molecule has 0 aliphatic heterocycles. The lowest BCUT2D eigenvalue weighted by Gasteiger charge is -2.08. The van der Waals surface area contributed by atoms with E-state index in [0.29, 0.717) is 28.7 Å². The van der Waals surface area contributed by atoms with Crippen molar-refractivity contribution < 1.29 is 14.0 Å². The summed E-state index contributed by atoms with van der Waals surface area (Å²) in [6.07, 6.45) is 0. The summed E-state index contributed by atoms with van der Waals surface area (Å²) in [4.78, 5) is 4.36. The molecule has 0 aliphatic rings. The molecular formula is C18H16N6O3. The molecule has 0 saturated heterocycles. The predicted molar refractivity (Wildman–Crippen MR) is 97.6 cm³/mol. The molecule has 9 nitrogen and oxygen atoms in total. The fraction of sp³-hybridized carbons (Fsp3) is 0.111. The van der Waals surface area contributed by atoms with Crippen molar-refractivity contribution in [3.63, 3.8) is 0 Å². The van der Waals surface area contributed by atoms with E-state index in [0.717, 1.165) is 5.56 Å². The molecule has 136 valence electrons. The first-order valence-corrected chi connectivity index (χ1v) is 8.03. The summed E-state index contributed by atoms with van der Waals surface area (Å²) < 4.78 is 17.3. The second-order valence-electron chi connectivity index (χ2n) is 5.60. The fourth-order valence-corrected chi connectivity index (χ4v) is 2.57. The highest BCUT2D eigenvalue weighted by Crippen LogP contribution is 2.29. The lowest BCUT2D eigenvalue weighted by molar-refractivity contribution is 0.394. The average molecular weight is 364 g/mol. The topological polar surface area (TPSA) is 114 Å². The van der Waals surface area contributed by atoms with E-state index in [4.69, 9.17) is 19.7 Å². The van der Waals surface area contributed by atoms with Crippen molar-refractivity contribution >= 4 is 5.82 Å². The Hall–Kier alpha value is -3.88. The van der Waals surface area contributed by atoms with Crippen molar-refractivity contribution in [3.8, 4) is 40.2 Å². The summed E-state index contributed by atoms with van der Waals surface area (Å²) >= 11 is 0. The van der Waals surface area contributed by atoms with Crippen LogP contribution in [0.1, 0.15) is 0 Å². The second kappa shape index (κ2) is 6.79. The Morgan fingerprint density at radius 2 is 1.70 bits per heavy atom. The molecule has 0 unspecified atom stereocenters. The van der Waals surface area contributed by atoms with Crippen LogP contribution in [0, 0.1) is 0 Å². The van der Waals surface area contributed by atoms with Gasteiger partial charge in [-0.25, -0.2) is 0 Å². The number of aromatic nitrogens is 5. The molecule has 2 N–H and O–H groups in total. The molecule has 0 saturated carbocycles. The third-order valence-electron chi connectivity index (χ3n) is 3.95. The highest BCUT2D eigenvalue weighted by Gasteiger charge is 2.20. The zero-order valence-corrected chi connectivity index (χ0v) is 14.7. The third-order valence-corrected chi connectivity index (χ3v) is 3.95. The van der Waals surface area contributed by atoms with Gasteiger partial charge in [0.15, 0.2) is 11.5 Å². The van der Waals surface area contributed by atoms with Crippen molar-refractivity contribution in [1.82, 2.24) is 25.1 Å². The maximum absolute atomic E-state index is 6.23. The Balaban J connectivity index is 1.72. The monoisotopic (exact) mass is 364 g/mol. The van der Waals surface area contributed by atoms with Crippen molar-refractivity contribution in [2.24, 2.45) is 0 Å². The number of nitrogens with two attached hydrogens (primary N) is 1. The van der Waals surface area contributed by atoms with Crippen molar-refractivity contribution in [3.05, 3.63) is 48.5 Å². The number of anilines is 1. The second-order valence-corrected chi connectivity index (χ2v) is 5.60. The number of benzene rings is 2. The number of rotatable bonds is 5. The molecule has 0 aliphatic carbocycles. The zero-order valence-electron chi connectivity index (χ0n) is 14.7. The first-order valence-electron chi connectivity index (χ1n) is 8.03. The molecule has 27 heavy (non-hydrogen) atoms. The Bertz CT molecular complexity index is 1050. The normalized spacial score (nSPS) is 10.7. The van der Waals surface area contributed by atoms with E-state index in [2.05, 4.69) is 20.5 Å². The van der Waals surface area contributed by atoms with Crippen molar-refractivity contribution in [2.75, 3.05) is 20.0 Å². The van der Waals surface area contributed by atoms with Gasteiger partial charge in [0.2, 0.25) is 5.82 Å². The largest absolute Gasteiger partial charge is 0.497 e. The van der Waals surface area contributed by atoms with E-state index in [1.54, 1.807) is 32.4 Å². The minimum absolute atomic E-state index is 0.187. The Kier molecular flexibility index (Phi) is 4.17. The maximum Gasteiger partial charge on any atom is 0.282 e.